The molecule has 15 atom stereocenters. The number of fused-ring (bicyclic) bond motifs is 5. The number of allylic oxidation sites excluding steroid dienone is 6. The molecule has 0 spiro atoms. The summed E-state index contributed by atoms with van der Waals surface area (Å²) in [4.78, 5) is 151. The summed E-state index contributed by atoms with van der Waals surface area (Å²) in [5.74, 6) is -8.29. The fraction of sp³-hybridized carbons (Fsp3) is 0.617. The number of ketones is 3. The molecule has 2 bridgehead atoms. The van der Waals surface area contributed by atoms with Gasteiger partial charge >= 0.3 is 12.1 Å². The van der Waals surface area contributed by atoms with Crippen LogP contribution in [0.5, 0.6) is 0 Å². The average Bonchev–Trinajstić information content (AvgIpc) is 1.67. The van der Waals surface area contributed by atoms with Gasteiger partial charge in [-0.15, -0.1) is 0 Å². The number of aromatic amines is 1. The molecular formula is C94H133N17O20. The lowest BCUT2D eigenvalue weighted by molar-refractivity contribution is -0.265. The van der Waals surface area contributed by atoms with E-state index < -0.39 is 108 Å². The molecule has 0 unspecified atom stereocenters. The van der Waals surface area contributed by atoms with Gasteiger partial charge in [-0.3, -0.25) is 28.8 Å². The van der Waals surface area contributed by atoms with Crippen molar-refractivity contribution in [3.63, 3.8) is 0 Å². The molecule has 714 valence electrons. The fourth-order valence-electron chi connectivity index (χ4n) is 17.6. The van der Waals surface area contributed by atoms with Crippen molar-refractivity contribution in [1.29, 1.82) is 0 Å². The summed E-state index contributed by atoms with van der Waals surface area (Å²) in [7, 11) is 3.10. The number of pyridine rings is 1. The average molecular weight is 1820 g/mol. The van der Waals surface area contributed by atoms with Gasteiger partial charge in [-0.25, -0.2) is 49.2 Å². The molecule has 10 heterocycles. The van der Waals surface area contributed by atoms with Crippen molar-refractivity contribution in [2.24, 2.45) is 35.5 Å². The smallest absolute Gasteiger partial charge is 0.407 e. The number of carbonyl (C=O) groups excluding carboxylic acids is 8. The topological polar surface area (TPSA) is 476 Å². The van der Waals surface area contributed by atoms with E-state index in [1.54, 1.807) is 53.6 Å². The van der Waals surface area contributed by atoms with Crippen LogP contribution in [0.25, 0.3) is 44.6 Å². The number of nitrogen functional groups attached to an aromatic ring is 1. The van der Waals surface area contributed by atoms with E-state index in [0.29, 0.717) is 208 Å². The number of H-pyrrole nitrogens is 1. The molecule has 6 aromatic heterocycles. The van der Waals surface area contributed by atoms with E-state index in [-0.39, 0.29) is 86.2 Å². The standard InChI is InChI=1S/C94H133N17O20/c1-57-19-13-12-14-20-58(2)75(123-10)48-69-24-22-64(8)94(122,131-69)85(118)89(119)110-29-17-15-21-72(110)90(120)129-76(49-73(113)59(3)44-62(6)83(116)84(117)82(115)61(5)43-57)60(4)45-66-23-25-74(77(46-66)124-11)130-93(121)103-53-67-51-101-91(102-52-67)108-31-33-109(34-32-108)92-100-50-63(7)80(106-92)71-55-99-87-70(71)47-68(54-98-87)81-79-86(95)104-56-105-88(79)111(107-81)30-18-16-27-97-78(114)26-35-125-37-39-127-41-42-128-40-38-126-36-28-96-65(9)112/h12-14,19-20,44,47,50-52,54-57,59-61,64,66,69,72,74-77,83-84,116-117,122H,15-18,21-43,45-46,48-49,53H2,1-11H3,(H,96,112)(H,97,114)(H,98,99)(H,103,121)(H2,95,104,105)/b14-12?,19-13+,58-20?,62-44+/t57-,59-,60-,61-,64-,66+,69+,72+,74-,75+,76+,77-,83-,84+,94-/m1/s1. The van der Waals surface area contributed by atoms with Crippen molar-refractivity contribution in [3.05, 3.63) is 102 Å². The van der Waals surface area contributed by atoms with Gasteiger partial charge in [0.15, 0.2) is 11.4 Å². The number of alkyl carbamates (subject to hydrolysis) is 1. The number of methoxy groups -OCH3 is 2. The summed E-state index contributed by atoms with van der Waals surface area (Å²) in [5.41, 5.74) is 13.1. The van der Waals surface area contributed by atoms with Gasteiger partial charge in [-0.1, -0.05) is 71.1 Å². The summed E-state index contributed by atoms with van der Waals surface area (Å²) >= 11 is 0. The lowest BCUT2D eigenvalue weighted by atomic mass is 9.78. The van der Waals surface area contributed by atoms with Crippen molar-refractivity contribution in [3.8, 4) is 22.5 Å². The number of hydrogen-bond acceptors (Lipinski definition) is 31. The maximum Gasteiger partial charge on any atom is 0.407 e. The third-order valence-electron chi connectivity index (χ3n) is 25.4. The normalized spacial score (nSPS) is 26.0. The number of ether oxygens (including phenoxy) is 9. The summed E-state index contributed by atoms with van der Waals surface area (Å²) in [6.45, 7) is 22.5. The van der Waals surface area contributed by atoms with E-state index in [4.69, 9.17) is 78.4 Å². The molecule has 11 rings (SSSR count). The zero-order valence-corrected chi connectivity index (χ0v) is 77.4. The summed E-state index contributed by atoms with van der Waals surface area (Å²) < 4.78 is 54.3. The fourth-order valence-corrected chi connectivity index (χ4v) is 17.6. The first-order valence-corrected chi connectivity index (χ1v) is 46.0. The molecule has 1 saturated carbocycles. The van der Waals surface area contributed by atoms with Crippen LogP contribution < -0.4 is 31.5 Å². The van der Waals surface area contributed by atoms with Crippen LogP contribution in [0.2, 0.25) is 0 Å². The van der Waals surface area contributed by atoms with Crippen LogP contribution >= 0.6 is 0 Å². The third kappa shape index (κ3) is 27.8. The van der Waals surface area contributed by atoms with Crippen molar-refractivity contribution in [2.75, 3.05) is 128 Å². The summed E-state index contributed by atoms with van der Waals surface area (Å²) in [5, 5.41) is 49.7. The molecular weight excluding hydrogens is 1690 g/mol. The van der Waals surface area contributed by atoms with Crippen LogP contribution in [0, 0.1) is 42.4 Å². The van der Waals surface area contributed by atoms with E-state index in [1.165, 1.54) is 26.3 Å². The third-order valence-corrected chi connectivity index (χ3v) is 25.4. The van der Waals surface area contributed by atoms with Gasteiger partial charge in [0.05, 0.1) is 82.2 Å². The Morgan fingerprint density at radius 1 is 0.718 bits per heavy atom. The van der Waals surface area contributed by atoms with Gasteiger partial charge in [-0.2, -0.15) is 5.10 Å². The predicted octanol–water partition coefficient (Wildman–Crippen LogP) is 8.10. The van der Waals surface area contributed by atoms with Gasteiger partial charge < -0.3 is 99.3 Å². The lowest BCUT2D eigenvalue weighted by Crippen LogP contribution is -2.61. The Morgan fingerprint density at radius 3 is 2.15 bits per heavy atom. The predicted molar refractivity (Wildman–Crippen MR) is 487 cm³/mol. The molecule has 131 heavy (non-hydrogen) atoms. The Balaban J connectivity index is 0.653. The van der Waals surface area contributed by atoms with Crippen molar-refractivity contribution >= 4 is 86.9 Å². The number of carbonyl (C=O) groups is 8. The molecule has 9 N–H and O–H groups in total. The number of hydrogen-bond donors (Lipinski definition) is 8. The van der Waals surface area contributed by atoms with E-state index in [2.05, 4.69) is 40.7 Å². The van der Waals surface area contributed by atoms with Crippen molar-refractivity contribution in [1.82, 2.24) is 70.5 Å². The Bertz CT molecular complexity index is 4960. The Kier molecular flexibility index (Phi) is 38.0. The zero-order valence-electron chi connectivity index (χ0n) is 77.4. The molecule has 37 nitrogen and oxygen atoms in total. The number of anilines is 3. The highest BCUT2D eigenvalue weighted by Crippen LogP contribution is 2.41. The van der Waals surface area contributed by atoms with E-state index in [1.807, 2.05) is 81.2 Å². The van der Waals surface area contributed by atoms with Crippen LogP contribution in [-0.2, 0) is 89.3 Å². The van der Waals surface area contributed by atoms with E-state index in [9.17, 15) is 53.7 Å². The number of aryl methyl sites for hydroxylation is 2. The number of aliphatic hydroxyl groups excluding tert-OH is 2. The van der Waals surface area contributed by atoms with Crippen molar-refractivity contribution in [2.45, 2.75) is 226 Å². The summed E-state index contributed by atoms with van der Waals surface area (Å²) in [6, 6.07) is 0.772. The Morgan fingerprint density at radius 2 is 1.43 bits per heavy atom. The minimum Gasteiger partial charge on any atom is -0.460 e. The van der Waals surface area contributed by atoms with Gasteiger partial charge in [0.25, 0.3) is 11.7 Å². The molecule has 5 aliphatic rings. The molecule has 0 radical (unpaired) electrons. The second kappa shape index (κ2) is 49.3. The number of nitrogens with one attached hydrogen (secondary N) is 4. The number of piperazine rings is 1. The number of aliphatic hydroxyl groups is 3. The number of cyclic esters (lactones) is 1. The van der Waals surface area contributed by atoms with Crippen LogP contribution in [0.1, 0.15) is 163 Å². The highest BCUT2D eigenvalue weighted by atomic mass is 16.6. The summed E-state index contributed by atoms with van der Waals surface area (Å²) in [6.07, 6.45) is 19.4. The first-order valence-electron chi connectivity index (χ1n) is 46.0. The molecule has 0 aromatic carbocycles. The van der Waals surface area contributed by atoms with Gasteiger partial charge in [0.2, 0.25) is 29.5 Å². The molecule has 4 aliphatic heterocycles. The highest BCUT2D eigenvalue weighted by Gasteiger charge is 2.53. The number of esters is 1. The molecule has 37 heteroatoms. The van der Waals surface area contributed by atoms with E-state index >= 15 is 0 Å². The Hall–Kier alpha value is -10.5. The number of rotatable bonds is 32. The monoisotopic (exact) mass is 1820 g/mol. The van der Waals surface area contributed by atoms with Gasteiger partial charge in [-0.05, 0) is 138 Å². The lowest BCUT2D eigenvalue weighted by Gasteiger charge is -2.42. The highest BCUT2D eigenvalue weighted by molar-refractivity contribution is 6.39. The van der Waals surface area contributed by atoms with Gasteiger partial charge in [0.1, 0.15) is 59.7 Å². The maximum atomic E-state index is 14.8. The number of Topliss-reactive ketones (excluding diaryl/α,β-unsaturated/α-hetero) is 3. The Labute approximate surface area is 765 Å². The number of nitrogens with zero attached hydrogens (tertiary/aromatic N) is 12. The minimum atomic E-state index is -2.50. The van der Waals surface area contributed by atoms with E-state index in [0.717, 1.165) is 32.7 Å². The largest absolute Gasteiger partial charge is 0.460 e. The van der Waals surface area contributed by atoms with Crippen LogP contribution in [-0.4, -0.2) is 284 Å². The molecule has 3 saturated heterocycles. The maximum absolute atomic E-state index is 14.8. The second-order valence-corrected chi connectivity index (χ2v) is 35.3. The van der Waals surface area contributed by atoms with Crippen LogP contribution in [0.3, 0.4) is 0 Å². The molecule has 4 amide bonds. The van der Waals surface area contributed by atoms with Crippen molar-refractivity contribution < 1.29 is 96.3 Å². The number of amides is 4. The van der Waals surface area contributed by atoms with Gasteiger partial charge in [0, 0.05) is 170 Å². The number of aromatic nitrogens is 10. The second-order valence-electron chi connectivity index (χ2n) is 35.3. The minimum absolute atomic E-state index is 0.0195. The number of nitrogens with two attached hydrogens (primary N) is 1. The molecule has 4 fully saturated rings. The van der Waals surface area contributed by atoms with Crippen LogP contribution in [0.4, 0.5) is 22.5 Å². The first kappa shape index (κ1) is 101. The zero-order chi connectivity index (χ0) is 93.8. The van der Waals surface area contributed by atoms with Crippen LogP contribution in [0.15, 0.2) is 91.0 Å². The number of unbranched alkanes of at least 4 members (excludes halogenated alkanes) is 1. The first-order chi connectivity index (χ1) is 63.0. The SMILES string of the molecule is CO[C@H]1C[C@@H]2CC[C@@H](C)[C@@](O)(O2)C(=O)C(=O)N2CCCC[C@H]2C(=O)O[C@H]([C@H](C)C[C@@H]2CC[C@@H](OC(=O)NCc3cnc(N4CCN(c5ncc(C)c(-c6c[nH]c7ncc(-c8nn(CCCCNC(=O)CCOCCOCCOCCOCCNC(C)=O)c9ncnc(N)c89)cc67)n5)CC4)nc3)[C@H](OC)C2)CC(=O)[C@H](C)/C=C(\C)[C@@H](O)[C@@H](O)C(=O)[C@H](C)C[C@H](C)/C=C/C=CC=C1C. The quantitative estimate of drug-likeness (QED) is 0.00855. The molecule has 1 aliphatic carbocycles. The molecule has 6 aromatic rings. The number of piperidine rings is 1.